The van der Waals surface area contributed by atoms with Gasteiger partial charge in [-0.05, 0) is 54.6 Å². The van der Waals surface area contributed by atoms with E-state index in [1.165, 1.54) is 16.8 Å². The van der Waals surface area contributed by atoms with Crippen molar-refractivity contribution in [2.75, 3.05) is 18.4 Å². The Kier molecular flexibility index (Phi) is 7.16. The lowest BCUT2D eigenvalue weighted by atomic mass is 9.92. The van der Waals surface area contributed by atoms with Crippen LogP contribution in [-0.4, -0.2) is 38.0 Å². The fourth-order valence-electron chi connectivity index (χ4n) is 3.64. The lowest BCUT2D eigenvalue weighted by molar-refractivity contribution is 0.168. The van der Waals surface area contributed by atoms with Gasteiger partial charge in [-0.1, -0.05) is 39.3 Å². The van der Waals surface area contributed by atoms with Gasteiger partial charge < -0.3 is 5.32 Å². The maximum absolute atomic E-state index is 14.1. The van der Waals surface area contributed by atoms with E-state index in [0.717, 1.165) is 19.5 Å². The van der Waals surface area contributed by atoms with E-state index in [4.69, 9.17) is 16.4 Å². The molecule has 1 aromatic carbocycles. The van der Waals surface area contributed by atoms with E-state index in [-0.39, 0.29) is 27.7 Å². The van der Waals surface area contributed by atoms with Crippen LogP contribution in [0.15, 0.2) is 17.2 Å². The molecule has 0 aliphatic carbocycles. The lowest BCUT2D eigenvalue weighted by Gasteiger charge is -2.30. The number of amides is 2. The van der Waals surface area contributed by atoms with Crippen LogP contribution in [0.4, 0.5) is 14.9 Å². The van der Waals surface area contributed by atoms with E-state index in [0.29, 0.717) is 29.1 Å². The average Bonchev–Trinajstić information content (AvgIpc) is 2.93. The van der Waals surface area contributed by atoms with Crippen molar-refractivity contribution in [3.05, 3.63) is 39.8 Å². The lowest BCUT2D eigenvalue weighted by Crippen LogP contribution is -2.37. The highest BCUT2D eigenvalue weighted by Crippen LogP contribution is 2.34. The Morgan fingerprint density at radius 2 is 1.81 bits per heavy atom. The Morgan fingerprint density at radius 1 is 1.25 bits per heavy atom. The molecule has 1 atom stereocenters. The molecule has 3 N–H and O–H groups in total. The molecule has 0 radical (unpaired) electrons. The zero-order chi connectivity index (χ0) is 23.8. The summed E-state index contributed by atoms with van der Waals surface area (Å²) in [5.74, 6) is -0.510. The predicted octanol–water partition coefficient (Wildman–Crippen LogP) is 4.81. The number of aryl methyl sites for hydroxylation is 1. The van der Waals surface area contributed by atoms with Gasteiger partial charge in [0, 0.05) is 19.3 Å². The standard InChI is InChI=1S/C21H30ClFN6O2S/c1-12(2)15-9-14(23)10-16(13(3)4)19(15)25-21(30)27-32(24,31)20-18(22)17(28(5)26-20)11-29-7-6-8-29/h9-10,12-13H,6-8,11H2,1-5H3,(H3,24,25,27,30,31). The maximum atomic E-state index is 14.1. The van der Waals surface area contributed by atoms with Crippen molar-refractivity contribution < 1.29 is 13.4 Å². The summed E-state index contributed by atoms with van der Waals surface area (Å²) < 4.78 is 39.2. The molecule has 0 saturated carbocycles. The predicted molar refractivity (Wildman–Crippen MR) is 124 cm³/mol. The van der Waals surface area contributed by atoms with Crippen molar-refractivity contribution in [3.8, 4) is 0 Å². The van der Waals surface area contributed by atoms with Crippen molar-refractivity contribution in [2.24, 2.45) is 7.05 Å². The number of hydrogen-bond acceptors (Lipinski definition) is 5. The molecule has 2 heterocycles. The van der Waals surface area contributed by atoms with Gasteiger partial charge in [-0.2, -0.15) is 5.10 Å². The molecule has 0 spiro atoms. The van der Waals surface area contributed by atoms with E-state index in [1.54, 1.807) is 7.05 Å². The second-order valence-electron chi connectivity index (χ2n) is 8.70. The summed E-state index contributed by atoms with van der Waals surface area (Å²) in [5, 5.41) is 6.78. The highest BCUT2D eigenvalue weighted by atomic mass is 35.5. The monoisotopic (exact) mass is 484 g/mol. The fourth-order valence-corrected chi connectivity index (χ4v) is 5.20. The second kappa shape index (κ2) is 9.36. The largest absolute Gasteiger partial charge is 0.332 e. The van der Waals surface area contributed by atoms with E-state index >= 15 is 0 Å². The van der Waals surface area contributed by atoms with Gasteiger partial charge in [0.2, 0.25) is 0 Å². The van der Waals surface area contributed by atoms with Crippen LogP contribution in [-0.2, 0) is 23.5 Å². The van der Waals surface area contributed by atoms with Crippen LogP contribution in [0.1, 0.15) is 62.8 Å². The molecule has 3 rings (SSSR count). The first-order valence-corrected chi connectivity index (χ1v) is 12.5. The first kappa shape index (κ1) is 24.5. The van der Waals surface area contributed by atoms with E-state index in [2.05, 4.69) is 20.0 Å². The number of rotatable bonds is 7. The molecule has 1 aromatic heterocycles. The summed E-state index contributed by atoms with van der Waals surface area (Å²) in [6.45, 7) is 10.00. The molecule has 176 valence electrons. The number of anilines is 1. The van der Waals surface area contributed by atoms with Crippen LogP contribution in [0, 0.1) is 10.6 Å². The normalized spacial score (nSPS) is 16.2. The van der Waals surface area contributed by atoms with Gasteiger partial charge in [0.1, 0.15) is 10.8 Å². The number of likely N-dealkylation sites (tertiary alicyclic amines) is 1. The molecule has 1 fully saturated rings. The summed E-state index contributed by atoms with van der Waals surface area (Å²) in [6.07, 6.45) is 1.11. The van der Waals surface area contributed by atoms with E-state index in [9.17, 15) is 13.4 Å². The molecule has 8 nitrogen and oxygen atoms in total. The van der Waals surface area contributed by atoms with Crippen LogP contribution in [0.25, 0.3) is 0 Å². The first-order valence-electron chi connectivity index (χ1n) is 10.5. The molecule has 1 unspecified atom stereocenters. The summed E-state index contributed by atoms with van der Waals surface area (Å²) >= 11 is 6.41. The topological polar surface area (TPSA) is 103 Å². The van der Waals surface area contributed by atoms with Crippen LogP contribution in [0.3, 0.4) is 0 Å². The molecule has 11 heteroatoms. The van der Waals surface area contributed by atoms with Gasteiger partial charge in [0.25, 0.3) is 0 Å². The molecule has 2 amide bonds. The molecule has 32 heavy (non-hydrogen) atoms. The Labute approximate surface area is 193 Å². The van der Waals surface area contributed by atoms with Crippen molar-refractivity contribution in [1.29, 1.82) is 4.78 Å². The van der Waals surface area contributed by atoms with Crippen LogP contribution in [0.5, 0.6) is 0 Å². The van der Waals surface area contributed by atoms with E-state index in [1.807, 2.05) is 27.7 Å². The Morgan fingerprint density at radius 3 is 2.28 bits per heavy atom. The third kappa shape index (κ3) is 5.07. The molecule has 1 aliphatic heterocycles. The SMILES string of the molecule is CC(C)c1cc(F)cc(C(C)C)c1NC(=O)NS(=N)(=O)c1nn(C)c(CN2CCC2)c1Cl. The molecule has 2 aromatic rings. The third-order valence-corrected chi connectivity index (χ3v) is 7.36. The number of hydrogen-bond donors (Lipinski definition) is 3. The number of nitrogens with zero attached hydrogens (tertiary/aromatic N) is 3. The van der Waals surface area contributed by atoms with Crippen LogP contribution < -0.4 is 10.0 Å². The van der Waals surface area contributed by atoms with Gasteiger partial charge in [-0.25, -0.2) is 22.9 Å². The highest BCUT2D eigenvalue weighted by Gasteiger charge is 2.27. The minimum atomic E-state index is -3.83. The summed E-state index contributed by atoms with van der Waals surface area (Å²) in [7, 11) is -2.16. The van der Waals surface area contributed by atoms with Gasteiger partial charge in [-0.15, -0.1) is 0 Å². The van der Waals surface area contributed by atoms with Gasteiger partial charge >= 0.3 is 6.03 Å². The molecule has 0 bridgehead atoms. The molecular formula is C21H30ClFN6O2S. The number of halogens is 2. The zero-order valence-electron chi connectivity index (χ0n) is 19.0. The van der Waals surface area contributed by atoms with Gasteiger partial charge in [-0.3, -0.25) is 9.58 Å². The molecular weight excluding hydrogens is 455 g/mol. The number of aromatic nitrogens is 2. The smallest absolute Gasteiger partial charge is 0.307 e. The second-order valence-corrected chi connectivity index (χ2v) is 10.8. The molecule has 1 saturated heterocycles. The molecule has 1 aliphatic rings. The fraction of sp³-hybridized carbons (Fsp3) is 0.524. The Balaban J connectivity index is 1.86. The minimum absolute atomic E-state index is 0.0619. The first-order chi connectivity index (χ1) is 14.9. The Hall–Kier alpha value is -2.17. The van der Waals surface area contributed by atoms with Gasteiger partial charge in [0.05, 0.1) is 5.69 Å². The summed E-state index contributed by atoms with van der Waals surface area (Å²) in [4.78, 5) is 14.9. The number of carbonyl (C=O) groups excluding carboxylic acids is 1. The maximum Gasteiger partial charge on any atom is 0.332 e. The number of nitrogens with one attached hydrogen (secondary N) is 3. The minimum Gasteiger partial charge on any atom is -0.307 e. The number of benzene rings is 1. The van der Waals surface area contributed by atoms with Crippen LogP contribution in [0.2, 0.25) is 5.02 Å². The number of carbonyl (C=O) groups is 1. The number of urea groups is 1. The summed E-state index contributed by atoms with van der Waals surface area (Å²) in [6, 6.07) is 1.91. The van der Waals surface area contributed by atoms with Gasteiger partial charge in [0.15, 0.2) is 14.9 Å². The van der Waals surface area contributed by atoms with Crippen molar-refractivity contribution in [2.45, 2.75) is 57.5 Å². The van der Waals surface area contributed by atoms with Crippen molar-refractivity contribution >= 4 is 33.2 Å². The highest BCUT2D eigenvalue weighted by molar-refractivity contribution is 7.91. The zero-order valence-corrected chi connectivity index (χ0v) is 20.5. The van der Waals surface area contributed by atoms with E-state index < -0.39 is 15.9 Å². The Bertz CT molecular complexity index is 1100. The quantitative estimate of drug-likeness (QED) is 0.524. The summed E-state index contributed by atoms with van der Waals surface area (Å²) in [5.41, 5.74) is 2.34. The van der Waals surface area contributed by atoms with Crippen molar-refractivity contribution in [3.63, 3.8) is 0 Å². The van der Waals surface area contributed by atoms with Crippen molar-refractivity contribution in [1.82, 2.24) is 19.4 Å². The third-order valence-electron chi connectivity index (χ3n) is 5.55. The average molecular weight is 485 g/mol. The van der Waals surface area contributed by atoms with Crippen LogP contribution >= 0.6 is 11.6 Å².